The summed E-state index contributed by atoms with van der Waals surface area (Å²) in [5.41, 5.74) is 7.12. The van der Waals surface area contributed by atoms with E-state index in [1.807, 2.05) is 0 Å². The highest BCUT2D eigenvalue weighted by atomic mass is 32.1. The number of amides is 7. The number of nitrogens with two attached hydrogens (primary N) is 1. The number of rotatable bonds is 31. The largest absolute Gasteiger partial charge is 0.382 e. The van der Waals surface area contributed by atoms with E-state index in [0.717, 1.165) is 17.7 Å². The molecule has 3 heterocycles. The van der Waals surface area contributed by atoms with Gasteiger partial charge in [-0.25, -0.2) is 4.98 Å². The summed E-state index contributed by atoms with van der Waals surface area (Å²) in [6.45, 7) is 7.75. The molecular weight excluding hydrogens is 839 g/mol. The van der Waals surface area contributed by atoms with Gasteiger partial charge in [-0.15, -0.1) is 0 Å². The summed E-state index contributed by atoms with van der Waals surface area (Å²) >= 11 is 4.06. The fourth-order valence-corrected chi connectivity index (χ4v) is 7.09. The number of amidine groups is 1. The van der Waals surface area contributed by atoms with Crippen molar-refractivity contribution in [3.63, 3.8) is 0 Å². The van der Waals surface area contributed by atoms with Crippen LogP contribution in [0.5, 0.6) is 0 Å². The summed E-state index contributed by atoms with van der Waals surface area (Å²) in [5, 5.41) is 27.3. The number of imide groups is 1. The van der Waals surface area contributed by atoms with Crippen LogP contribution < -0.4 is 27.0 Å². The molecule has 2 aliphatic heterocycles. The van der Waals surface area contributed by atoms with E-state index in [0.29, 0.717) is 36.3 Å². The van der Waals surface area contributed by atoms with Gasteiger partial charge in [-0.2, -0.15) is 12.6 Å². The molecule has 63 heavy (non-hydrogen) atoms. The number of aryl methyl sites for hydroxylation is 1. The normalized spacial score (nSPS) is 15.9. The molecule has 0 spiro atoms. The lowest BCUT2D eigenvalue weighted by atomic mass is 10.0. The van der Waals surface area contributed by atoms with E-state index >= 15 is 0 Å². The molecule has 0 radical (unpaired) electrons. The average Bonchev–Trinajstić information content (AvgIpc) is 3.94. The standard InChI is InChI=1S/C41H65N11O10S/c1-5-6-9-30-48-36(38(43)44)37(50(30)4)34(42)27-10-15-51(24-27)40(58)28(8-7-13-45-25-53)47-39(57)35(26(2)3)49-32(55)12-17-60-19-21-62-22-20-61-18-14-46-31(54)11-16-52-33(56)23-29(63)41(52)59/h10,25-26,28-29,35,42,63H,5-9,11-24H2,1-4H3,(H3,43,44)(H,45,53)(H,46,54)(H,47,57)(H,49,55). The Balaban J connectivity index is 1.39. The van der Waals surface area contributed by atoms with Crippen LogP contribution in [0.4, 0.5) is 0 Å². The van der Waals surface area contributed by atoms with Gasteiger partial charge in [0.25, 0.3) is 0 Å². The number of likely N-dealkylation sites (tertiary alicyclic amines) is 1. The van der Waals surface area contributed by atoms with Crippen molar-refractivity contribution < 1.29 is 47.8 Å². The van der Waals surface area contributed by atoms with Gasteiger partial charge >= 0.3 is 0 Å². The molecule has 0 aliphatic carbocycles. The first-order valence-corrected chi connectivity index (χ1v) is 21.9. The molecule has 21 nitrogen and oxygen atoms in total. The first-order chi connectivity index (χ1) is 30.1. The number of nitrogen functional groups attached to an aromatic ring is 1. The van der Waals surface area contributed by atoms with Gasteiger partial charge in [0.15, 0.2) is 0 Å². The van der Waals surface area contributed by atoms with Crippen molar-refractivity contribution in [3.05, 3.63) is 28.9 Å². The fourth-order valence-electron chi connectivity index (χ4n) is 6.79. The minimum atomic E-state index is -0.981. The van der Waals surface area contributed by atoms with E-state index in [-0.39, 0.29) is 145 Å². The molecule has 2 aliphatic rings. The zero-order valence-corrected chi connectivity index (χ0v) is 37.7. The molecule has 1 aromatic rings. The van der Waals surface area contributed by atoms with E-state index in [1.54, 1.807) is 31.5 Å². The lowest BCUT2D eigenvalue weighted by molar-refractivity contribution is -0.139. The number of unbranched alkanes of at least 4 members (excludes halogenated alkanes) is 1. The maximum atomic E-state index is 13.9. The molecule has 1 aromatic heterocycles. The van der Waals surface area contributed by atoms with Crippen molar-refractivity contribution in [1.82, 2.24) is 40.6 Å². The number of hydrogen-bond acceptors (Lipinski definition) is 14. The van der Waals surface area contributed by atoms with Gasteiger partial charge in [-0.3, -0.25) is 49.3 Å². The van der Waals surface area contributed by atoms with Crippen LogP contribution in [-0.4, -0.2) is 162 Å². The Labute approximate surface area is 373 Å². The summed E-state index contributed by atoms with van der Waals surface area (Å²) in [4.78, 5) is 94.1. The third-order valence-electron chi connectivity index (χ3n) is 10.3. The Morgan fingerprint density at radius 3 is 2.29 bits per heavy atom. The van der Waals surface area contributed by atoms with Crippen molar-refractivity contribution in [3.8, 4) is 0 Å². The molecule has 0 bridgehead atoms. The Kier molecular flexibility index (Phi) is 22.4. The average molecular weight is 904 g/mol. The number of thiol groups is 1. The lowest BCUT2D eigenvalue weighted by Crippen LogP contribution is -2.56. The third kappa shape index (κ3) is 16.5. The van der Waals surface area contributed by atoms with Crippen LogP contribution in [0, 0.1) is 16.7 Å². The quantitative estimate of drug-likeness (QED) is 0.0115. The molecule has 1 fully saturated rings. The zero-order chi connectivity index (χ0) is 46.5. The number of nitrogens with zero attached hydrogens (tertiary/aromatic N) is 4. The predicted octanol–water partition coefficient (Wildman–Crippen LogP) is -0.661. The Morgan fingerprint density at radius 1 is 0.984 bits per heavy atom. The van der Waals surface area contributed by atoms with Gasteiger partial charge in [0.2, 0.25) is 41.9 Å². The number of hydrogen-bond donors (Lipinski definition) is 8. The van der Waals surface area contributed by atoms with Crippen molar-refractivity contribution >= 4 is 66.0 Å². The highest BCUT2D eigenvalue weighted by Crippen LogP contribution is 2.22. The SMILES string of the molecule is CCCCc1nc(C(=N)N)c(C(=N)C2=CCN(C(=O)C(CCCNC=O)NC(=O)C(NC(=O)CCOCCOCCOCCNC(=O)CCN3C(=O)CC(S)C3=O)C(C)C)C2)n1C. The van der Waals surface area contributed by atoms with Gasteiger partial charge in [0.05, 0.1) is 56.3 Å². The summed E-state index contributed by atoms with van der Waals surface area (Å²) in [6, 6.07) is -1.94. The van der Waals surface area contributed by atoms with Crippen LogP contribution in [0.1, 0.15) is 82.9 Å². The second-order valence-corrected chi connectivity index (χ2v) is 16.1. The van der Waals surface area contributed by atoms with Gasteiger partial charge in [0.1, 0.15) is 29.4 Å². The number of imidazole rings is 1. The van der Waals surface area contributed by atoms with Gasteiger partial charge < -0.3 is 50.7 Å². The minimum Gasteiger partial charge on any atom is -0.382 e. The van der Waals surface area contributed by atoms with Crippen molar-refractivity contribution in [1.29, 1.82) is 10.8 Å². The maximum absolute atomic E-state index is 13.9. The Hall–Kier alpha value is -5.19. The van der Waals surface area contributed by atoms with Crippen LogP contribution in [0.2, 0.25) is 0 Å². The van der Waals surface area contributed by atoms with Crippen LogP contribution in [0.25, 0.3) is 0 Å². The van der Waals surface area contributed by atoms with Crippen LogP contribution >= 0.6 is 12.6 Å². The number of ether oxygens (including phenoxy) is 3. The first kappa shape index (κ1) is 52.2. The van der Waals surface area contributed by atoms with E-state index < -0.39 is 29.1 Å². The van der Waals surface area contributed by atoms with Crippen LogP contribution in [0.3, 0.4) is 0 Å². The predicted molar refractivity (Wildman–Crippen MR) is 235 cm³/mol. The van der Waals surface area contributed by atoms with Gasteiger partial charge in [-0.1, -0.05) is 33.3 Å². The first-order valence-electron chi connectivity index (χ1n) is 21.4. The van der Waals surface area contributed by atoms with Crippen molar-refractivity contribution in [2.75, 3.05) is 72.4 Å². The molecule has 3 rings (SSSR count). The Morgan fingerprint density at radius 2 is 1.67 bits per heavy atom. The van der Waals surface area contributed by atoms with Crippen LogP contribution in [0.15, 0.2) is 11.6 Å². The molecular formula is C41H65N11O10S. The number of carbonyl (C=O) groups is 7. The van der Waals surface area contributed by atoms with Crippen LogP contribution in [-0.2, 0) is 61.2 Å². The molecule has 0 saturated carbocycles. The summed E-state index contributed by atoms with van der Waals surface area (Å²) in [6.07, 6.45) is 5.41. The molecule has 350 valence electrons. The monoisotopic (exact) mass is 903 g/mol. The van der Waals surface area contributed by atoms with Gasteiger partial charge in [-0.05, 0) is 30.8 Å². The molecule has 0 aromatic carbocycles. The second kappa shape index (κ2) is 27.1. The highest BCUT2D eigenvalue weighted by Gasteiger charge is 2.36. The fraction of sp³-hybridized carbons (Fsp3) is 0.659. The number of aromatic nitrogens is 2. The molecule has 1 saturated heterocycles. The lowest BCUT2D eigenvalue weighted by Gasteiger charge is -2.28. The zero-order valence-electron chi connectivity index (χ0n) is 36.8. The van der Waals surface area contributed by atoms with E-state index in [4.69, 9.17) is 30.8 Å². The molecule has 22 heteroatoms. The number of nitrogens with one attached hydrogen (secondary N) is 6. The third-order valence-corrected chi connectivity index (χ3v) is 10.7. The topological polar surface area (TPSA) is 293 Å². The maximum Gasteiger partial charge on any atom is 0.245 e. The van der Waals surface area contributed by atoms with E-state index in [1.165, 1.54) is 4.90 Å². The molecule has 7 amide bonds. The molecule has 3 atom stereocenters. The smallest absolute Gasteiger partial charge is 0.245 e. The number of carbonyl (C=O) groups excluding carboxylic acids is 7. The van der Waals surface area contributed by atoms with Gasteiger partial charge in [0, 0.05) is 65.5 Å². The van der Waals surface area contributed by atoms with E-state index in [9.17, 15) is 33.6 Å². The molecule has 8 N–H and O–H groups in total. The summed E-state index contributed by atoms with van der Waals surface area (Å²) in [7, 11) is 1.78. The van der Waals surface area contributed by atoms with E-state index in [2.05, 4.69) is 45.8 Å². The minimum absolute atomic E-state index is 0.00331. The van der Waals surface area contributed by atoms with Crippen molar-refractivity contribution in [2.45, 2.75) is 89.5 Å². The molecule has 3 unspecified atom stereocenters. The highest BCUT2D eigenvalue weighted by molar-refractivity contribution is 7.81. The Bertz CT molecular complexity index is 1820. The summed E-state index contributed by atoms with van der Waals surface area (Å²) in [5.74, 6) is -2.24. The van der Waals surface area contributed by atoms with Crippen molar-refractivity contribution in [2.24, 2.45) is 18.7 Å². The summed E-state index contributed by atoms with van der Waals surface area (Å²) < 4.78 is 18.2. The second-order valence-electron chi connectivity index (χ2n) is 15.5.